The molecule has 0 aliphatic carbocycles. The molecule has 1 fully saturated rings. The van der Waals surface area contributed by atoms with Crippen LogP contribution in [0.25, 0.3) is 0 Å². The Balaban J connectivity index is 1.40. The number of aromatic nitrogens is 2. The van der Waals surface area contributed by atoms with Gasteiger partial charge in [-0.25, -0.2) is 14.8 Å². The molecule has 0 atom stereocenters. The topological polar surface area (TPSA) is 99.7 Å². The molecule has 12 heteroatoms. The molecule has 30 heavy (non-hydrogen) atoms. The van der Waals surface area contributed by atoms with Gasteiger partial charge in [0.15, 0.2) is 0 Å². The van der Waals surface area contributed by atoms with Crippen molar-refractivity contribution in [2.75, 3.05) is 42.9 Å². The van der Waals surface area contributed by atoms with E-state index in [0.29, 0.717) is 32.1 Å². The molecule has 2 aromatic rings. The number of hydrogen-bond acceptors (Lipinski definition) is 6. The summed E-state index contributed by atoms with van der Waals surface area (Å²) < 4.78 is 40.2. The lowest BCUT2D eigenvalue weighted by Crippen LogP contribution is -2.53. The monoisotopic (exact) mass is 424 g/mol. The van der Waals surface area contributed by atoms with Crippen LogP contribution in [0, 0.1) is 0 Å². The minimum Gasteiger partial charge on any atom is -0.406 e. The Hall–Kier alpha value is -3.57. The van der Waals surface area contributed by atoms with Crippen molar-refractivity contribution in [3.05, 3.63) is 42.7 Å². The predicted octanol–water partition coefficient (Wildman–Crippen LogP) is 1.85. The van der Waals surface area contributed by atoms with E-state index in [0.717, 1.165) is 12.1 Å². The summed E-state index contributed by atoms with van der Waals surface area (Å²) in [5, 5.41) is 5.01. The molecule has 2 N–H and O–H groups in total. The smallest absolute Gasteiger partial charge is 0.406 e. The average Bonchev–Trinajstić information content (AvgIpc) is 2.73. The number of nitrogens with one attached hydrogen (secondary N) is 2. The number of anilines is 2. The van der Waals surface area contributed by atoms with E-state index < -0.39 is 18.0 Å². The van der Waals surface area contributed by atoms with E-state index in [-0.39, 0.29) is 18.3 Å². The molecule has 2 heterocycles. The van der Waals surface area contributed by atoms with Crippen molar-refractivity contribution >= 4 is 23.6 Å². The highest BCUT2D eigenvalue weighted by Gasteiger charge is 2.31. The highest BCUT2D eigenvalue weighted by molar-refractivity contribution is 5.94. The molecule has 3 rings (SSSR count). The van der Waals surface area contributed by atoms with Gasteiger partial charge >= 0.3 is 12.4 Å². The molecular formula is C18H19F3N6O3. The van der Waals surface area contributed by atoms with Crippen molar-refractivity contribution in [1.29, 1.82) is 0 Å². The first-order valence-electron chi connectivity index (χ1n) is 9.00. The molecule has 0 saturated carbocycles. The lowest BCUT2D eigenvalue weighted by molar-refractivity contribution is -0.274. The number of piperazine rings is 1. The summed E-state index contributed by atoms with van der Waals surface area (Å²) >= 11 is 0. The number of urea groups is 1. The van der Waals surface area contributed by atoms with Gasteiger partial charge in [0.25, 0.3) is 0 Å². The van der Waals surface area contributed by atoms with Gasteiger partial charge in [0, 0.05) is 44.3 Å². The van der Waals surface area contributed by atoms with Crippen molar-refractivity contribution in [2.24, 2.45) is 0 Å². The third kappa shape index (κ3) is 6.22. The number of hydrogen-bond donors (Lipinski definition) is 2. The molecule has 0 radical (unpaired) electrons. The van der Waals surface area contributed by atoms with Gasteiger partial charge in [0.1, 0.15) is 5.75 Å². The largest absolute Gasteiger partial charge is 0.573 e. The van der Waals surface area contributed by atoms with Gasteiger partial charge in [0.2, 0.25) is 11.9 Å². The summed E-state index contributed by atoms with van der Waals surface area (Å²) in [6.07, 6.45) is -1.48. The number of benzene rings is 1. The standard InChI is InChI=1S/C18H19F3N6O3/c19-18(20,21)30-14-4-2-13(3-5-14)25-15(28)12-24-17(29)27-10-8-26(9-11-27)16-22-6-1-7-23-16/h1-7H,8-12H2,(H,24,29)(H,25,28). The zero-order valence-electron chi connectivity index (χ0n) is 15.7. The van der Waals surface area contributed by atoms with Gasteiger partial charge in [0.05, 0.1) is 6.54 Å². The van der Waals surface area contributed by atoms with Crippen LogP contribution in [0.3, 0.4) is 0 Å². The Morgan fingerprint density at radius 2 is 1.67 bits per heavy atom. The molecule has 1 aromatic heterocycles. The lowest BCUT2D eigenvalue weighted by Gasteiger charge is -2.34. The van der Waals surface area contributed by atoms with Crippen molar-refractivity contribution in [3.8, 4) is 5.75 Å². The van der Waals surface area contributed by atoms with Crippen molar-refractivity contribution in [1.82, 2.24) is 20.2 Å². The molecule has 1 aliphatic heterocycles. The predicted molar refractivity (Wildman–Crippen MR) is 101 cm³/mol. The summed E-state index contributed by atoms with van der Waals surface area (Å²) in [4.78, 5) is 36.1. The molecule has 160 valence electrons. The summed E-state index contributed by atoms with van der Waals surface area (Å²) in [6, 6.07) is 6.04. The fourth-order valence-corrected chi connectivity index (χ4v) is 2.78. The molecule has 9 nitrogen and oxygen atoms in total. The Bertz CT molecular complexity index is 856. The van der Waals surface area contributed by atoms with Crippen molar-refractivity contribution in [2.45, 2.75) is 6.36 Å². The first-order valence-corrected chi connectivity index (χ1v) is 9.00. The Kier molecular flexibility index (Phi) is 6.54. The average molecular weight is 424 g/mol. The van der Waals surface area contributed by atoms with E-state index in [1.165, 1.54) is 12.1 Å². The molecular weight excluding hydrogens is 405 g/mol. The summed E-state index contributed by atoms with van der Waals surface area (Å²) in [7, 11) is 0. The highest BCUT2D eigenvalue weighted by Crippen LogP contribution is 2.23. The van der Waals surface area contributed by atoms with Crippen LogP contribution in [-0.4, -0.2) is 65.9 Å². The van der Waals surface area contributed by atoms with Crippen LogP contribution in [0.5, 0.6) is 5.75 Å². The van der Waals surface area contributed by atoms with Crippen molar-refractivity contribution < 1.29 is 27.5 Å². The number of carbonyl (C=O) groups is 2. The maximum absolute atomic E-state index is 12.2. The molecule has 0 unspecified atom stereocenters. The molecule has 0 bridgehead atoms. The van der Waals surface area contributed by atoms with Crippen LogP contribution >= 0.6 is 0 Å². The van der Waals surface area contributed by atoms with E-state index in [2.05, 4.69) is 25.3 Å². The fourth-order valence-electron chi connectivity index (χ4n) is 2.78. The minimum absolute atomic E-state index is 0.276. The van der Waals surface area contributed by atoms with Crippen LogP contribution in [0.4, 0.5) is 29.6 Å². The van der Waals surface area contributed by atoms with E-state index in [9.17, 15) is 22.8 Å². The number of alkyl halides is 3. The van der Waals surface area contributed by atoms with Crippen molar-refractivity contribution in [3.63, 3.8) is 0 Å². The first-order chi connectivity index (χ1) is 14.3. The van der Waals surface area contributed by atoms with Crippen LogP contribution in [-0.2, 0) is 4.79 Å². The second kappa shape index (κ2) is 9.29. The number of ether oxygens (including phenoxy) is 1. The van der Waals surface area contributed by atoms with Crippen LogP contribution in [0.15, 0.2) is 42.7 Å². The SMILES string of the molecule is O=C(CNC(=O)N1CCN(c2ncccn2)CC1)Nc1ccc(OC(F)(F)F)cc1. The Morgan fingerprint density at radius 1 is 1.03 bits per heavy atom. The molecule has 3 amide bonds. The first kappa shape index (κ1) is 21.1. The third-order valence-corrected chi connectivity index (χ3v) is 4.17. The van der Waals surface area contributed by atoms with Crippen LogP contribution in [0.2, 0.25) is 0 Å². The molecule has 0 spiro atoms. The van der Waals surface area contributed by atoms with Gasteiger partial charge in [-0.05, 0) is 30.3 Å². The molecule has 1 aliphatic rings. The number of amides is 3. The number of halogens is 3. The van der Waals surface area contributed by atoms with Gasteiger partial charge in [-0.15, -0.1) is 13.2 Å². The third-order valence-electron chi connectivity index (χ3n) is 4.17. The van der Waals surface area contributed by atoms with Gasteiger partial charge in [-0.3, -0.25) is 4.79 Å². The van der Waals surface area contributed by atoms with E-state index >= 15 is 0 Å². The summed E-state index contributed by atoms with van der Waals surface area (Å²) in [5.74, 6) is -0.304. The van der Waals surface area contributed by atoms with Gasteiger partial charge < -0.3 is 25.2 Å². The fraction of sp³-hybridized carbons (Fsp3) is 0.333. The highest BCUT2D eigenvalue weighted by atomic mass is 19.4. The quantitative estimate of drug-likeness (QED) is 0.760. The normalized spacial score (nSPS) is 14.2. The summed E-state index contributed by atoms with van der Waals surface area (Å²) in [5.41, 5.74) is 0.278. The molecule has 1 aromatic carbocycles. The second-order valence-electron chi connectivity index (χ2n) is 6.30. The minimum atomic E-state index is -4.78. The Labute approximate surface area is 169 Å². The van der Waals surface area contributed by atoms with Gasteiger partial charge in [-0.1, -0.05) is 0 Å². The number of carbonyl (C=O) groups excluding carboxylic acids is 2. The lowest BCUT2D eigenvalue weighted by atomic mass is 10.3. The second-order valence-corrected chi connectivity index (χ2v) is 6.30. The number of rotatable bonds is 5. The molecule has 1 saturated heterocycles. The van der Waals surface area contributed by atoms with E-state index in [1.54, 1.807) is 23.4 Å². The van der Waals surface area contributed by atoms with E-state index in [4.69, 9.17) is 0 Å². The zero-order valence-corrected chi connectivity index (χ0v) is 15.7. The maximum atomic E-state index is 12.2. The zero-order chi connectivity index (χ0) is 21.6. The summed E-state index contributed by atoms with van der Waals surface area (Å²) in [6.45, 7) is 1.76. The maximum Gasteiger partial charge on any atom is 0.573 e. The Morgan fingerprint density at radius 3 is 2.27 bits per heavy atom. The van der Waals surface area contributed by atoms with Gasteiger partial charge in [-0.2, -0.15) is 0 Å². The van der Waals surface area contributed by atoms with E-state index in [1.807, 2.05) is 4.90 Å². The van der Waals surface area contributed by atoms with Crippen LogP contribution < -0.4 is 20.3 Å². The number of nitrogens with zero attached hydrogens (tertiary/aromatic N) is 4. The van der Waals surface area contributed by atoms with Crippen LogP contribution in [0.1, 0.15) is 0 Å².